The van der Waals surface area contributed by atoms with Crippen molar-refractivity contribution in [3.05, 3.63) is 37.9 Å². The summed E-state index contributed by atoms with van der Waals surface area (Å²) in [5.74, 6) is 0. The molecule has 1 aromatic carbocycles. The topological polar surface area (TPSA) is 86.5 Å². The van der Waals surface area contributed by atoms with Crippen LogP contribution in [0.1, 0.15) is 0 Å². The van der Waals surface area contributed by atoms with Crippen LogP contribution in [0.3, 0.4) is 0 Å². The van der Waals surface area contributed by atoms with Crippen molar-refractivity contribution in [2.75, 3.05) is 0 Å². The number of alkyl halides is 3. The van der Waals surface area contributed by atoms with E-state index in [1.54, 1.807) is 0 Å². The zero-order chi connectivity index (χ0) is 14.8. The number of nitro benzene ring substituents is 1. The summed E-state index contributed by atoms with van der Waals surface area (Å²) in [7, 11) is -6.01. The summed E-state index contributed by atoms with van der Waals surface area (Å²) in [6.45, 7) is 0. The monoisotopic (exact) mass is 417 g/mol. The maximum atomic E-state index is 13.4. The van der Waals surface area contributed by atoms with Gasteiger partial charge in [0.05, 0.1) is 0 Å². The van der Waals surface area contributed by atoms with Gasteiger partial charge in [-0.3, -0.25) is 0 Å². The first kappa shape index (κ1) is 16.0. The second-order valence-corrected chi connectivity index (χ2v) is 7.91. The van der Waals surface area contributed by atoms with Gasteiger partial charge in [-0.15, -0.1) is 0 Å². The standard InChI is InChI=1S/C7H4F4INO5S/c8-7(9,10)19(16,17)18-12(11)5-1-3-6(4-2-5)13(14)15/h1-4H. The first-order valence-corrected chi connectivity index (χ1v) is 8.35. The number of non-ortho nitro benzene ring substituents is 1. The van der Waals surface area contributed by atoms with E-state index in [2.05, 4.69) is 2.51 Å². The second kappa shape index (κ2) is 5.54. The molecule has 1 rings (SSSR count). The van der Waals surface area contributed by atoms with Gasteiger partial charge in [0.1, 0.15) is 0 Å². The van der Waals surface area contributed by atoms with Gasteiger partial charge in [-0.25, -0.2) is 0 Å². The molecule has 12 heteroatoms. The van der Waals surface area contributed by atoms with Crippen LogP contribution in [0.2, 0.25) is 0 Å². The molecule has 1 aromatic rings. The van der Waals surface area contributed by atoms with Crippen LogP contribution in [0.25, 0.3) is 0 Å². The molecule has 0 aromatic heterocycles. The minimum atomic E-state index is -6.01. The van der Waals surface area contributed by atoms with Crippen LogP contribution in [0.5, 0.6) is 0 Å². The Morgan fingerprint density at radius 3 is 2.05 bits per heavy atom. The van der Waals surface area contributed by atoms with Crippen molar-refractivity contribution >= 4 is 36.6 Å². The number of rotatable bonds is 4. The number of halogens is 5. The fourth-order valence-corrected chi connectivity index (χ4v) is 4.50. The molecule has 0 bridgehead atoms. The van der Waals surface area contributed by atoms with Gasteiger partial charge in [-0.05, 0) is 0 Å². The molecule has 0 fully saturated rings. The van der Waals surface area contributed by atoms with E-state index in [1.165, 1.54) is 0 Å². The van der Waals surface area contributed by atoms with E-state index >= 15 is 0 Å². The van der Waals surface area contributed by atoms with Crippen molar-refractivity contribution in [3.8, 4) is 0 Å². The molecule has 0 heterocycles. The van der Waals surface area contributed by atoms with E-state index in [4.69, 9.17) is 0 Å². The van der Waals surface area contributed by atoms with Crippen molar-refractivity contribution in [3.63, 3.8) is 0 Å². The van der Waals surface area contributed by atoms with Gasteiger partial charge < -0.3 is 0 Å². The second-order valence-electron chi connectivity index (χ2n) is 2.90. The molecular formula is C7H4F4INO5S. The molecule has 0 radical (unpaired) electrons. The predicted octanol–water partition coefficient (Wildman–Crippen LogP) is 2.94. The predicted molar refractivity (Wildman–Crippen MR) is 63.0 cm³/mol. The van der Waals surface area contributed by atoms with E-state index in [1.807, 2.05) is 0 Å². The fraction of sp³-hybridized carbons (Fsp3) is 0.143. The average molecular weight is 417 g/mol. The Labute approximate surface area is 112 Å². The third-order valence-corrected chi connectivity index (χ3v) is 6.54. The minimum absolute atomic E-state index is 0.410. The third kappa shape index (κ3) is 3.97. The summed E-state index contributed by atoms with van der Waals surface area (Å²) in [6.07, 6.45) is 0. The quantitative estimate of drug-likeness (QED) is 0.247. The molecule has 0 atom stereocenters. The molecule has 0 amide bonds. The molecule has 19 heavy (non-hydrogen) atoms. The van der Waals surface area contributed by atoms with Gasteiger partial charge in [-0.1, -0.05) is 0 Å². The van der Waals surface area contributed by atoms with Crippen LogP contribution in [-0.2, 0) is 12.6 Å². The van der Waals surface area contributed by atoms with Crippen molar-refractivity contribution in [2.45, 2.75) is 5.51 Å². The Hall–Kier alpha value is -1.02. The van der Waals surface area contributed by atoms with Crippen LogP contribution >= 0.6 is 20.8 Å². The number of hydrogen-bond acceptors (Lipinski definition) is 5. The van der Waals surface area contributed by atoms with Crippen LogP contribution in [-0.4, -0.2) is 18.8 Å². The van der Waals surface area contributed by atoms with Crippen LogP contribution in [0, 0.1) is 13.7 Å². The number of benzene rings is 1. The van der Waals surface area contributed by atoms with Gasteiger partial charge in [-0.2, -0.15) is 0 Å². The van der Waals surface area contributed by atoms with Gasteiger partial charge in [0.2, 0.25) is 0 Å². The van der Waals surface area contributed by atoms with Crippen molar-refractivity contribution in [2.24, 2.45) is 0 Å². The van der Waals surface area contributed by atoms with Crippen molar-refractivity contribution in [1.29, 1.82) is 0 Å². The summed E-state index contributed by atoms with van der Waals surface area (Å²) in [5, 5.41) is 10.3. The van der Waals surface area contributed by atoms with E-state index in [0.717, 1.165) is 24.3 Å². The Morgan fingerprint density at radius 1 is 1.21 bits per heavy atom. The van der Waals surface area contributed by atoms with Crippen LogP contribution in [0.15, 0.2) is 24.3 Å². The number of nitrogens with zero attached hydrogens (tertiary/aromatic N) is 1. The Bertz CT molecular complexity index is 572. The molecule has 0 aliphatic rings. The van der Waals surface area contributed by atoms with Crippen LogP contribution < -0.4 is 0 Å². The van der Waals surface area contributed by atoms with E-state index in [9.17, 15) is 34.6 Å². The fourth-order valence-electron chi connectivity index (χ4n) is 0.807. The summed E-state index contributed by atoms with van der Waals surface area (Å²) in [6, 6.07) is 3.30. The van der Waals surface area contributed by atoms with Crippen molar-refractivity contribution < 1.29 is 31.9 Å². The molecule has 0 aliphatic carbocycles. The van der Waals surface area contributed by atoms with E-state index < -0.39 is 50.6 Å². The SMILES string of the molecule is O=[N+]([O-])c1ccc(I(F)OS(=O)(=O)C(F)(F)F)cc1. The molecule has 0 saturated heterocycles. The summed E-state index contributed by atoms with van der Waals surface area (Å²) in [5.41, 5.74) is -6.12. The average Bonchev–Trinajstić information content (AvgIpc) is 2.27. The zero-order valence-corrected chi connectivity index (χ0v) is 11.6. The van der Waals surface area contributed by atoms with Gasteiger partial charge in [0, 0.05) is 0 Å². The molecule has 0 N–H and O–H groups in total. The first-order valence-electron chi connectivity index (χ1n) is 4.17. The van der Waals surface area contributed by atoms with Gasteiger partial charge in [0.25, 0.3) is 0 Å². The van der Waals surface area contributed by atoms with Crippen molar-refractivity contribution in [1.82, 2.24) is 0 Å². The number of hydrogen-bond donors (Lipinski definition) is 0. The number of nitro groups is 1. The molecular weight excluding hydrogens is 413 g/mol. The van der Waals surface area contributed by atoms with Gasteiger partial charge >= 0.3 is 112 Å². The molecule has 0 unspecified atom stereocenters. The summed E-state index contributed by atoms with van der Waals surface area (Å²) < 4.78 is 73.3. The maximum absolute atomic E-state index is 13.4. The Balaban J connectivity index is 2.91. The van der Waals surface area contributed by atoms with Crippen LogP contribution in [0.4, 0.5) is 21.7 Å². The van der Waals surface area contributed by atoms with Gasteiger partial charge in [0.15, 0.2) is 0 Å². The normalized spacial score (nSPS) is 13.2. The molecule has 0 spiro atoms. The third-order valence-electron chi connectivity index (χ3n) is 1.63. The molecule has 0 saturated carbocycles. The first-order chi connectivity index (χ1) is 8.54. The summed E-state index contributed by atoms with van der Waals surface area (Å²) in [4.78, 5) is 9.49. The zero-order valence-electron chi connectivity index (χ0n) is 8.60. The molecule has 108 valence electrons. The summed E-state index contributed by atoms with van der Waals surface area (Å²) >= 11 is -4.55. The Kier molecular flexibility index (Phi) is 4.67. The molecule has 0 aliphatic heterocycles. The Morgan fingerprint density at radius 2 is 1.68 bits per heavy atom. The van der Waals surface area contributed by atoms with E-state index in [-0.39, 0.29) is 0 Å². The molecule has 6 nitrogen and oxygen atoms in total. The van der Waals surface area contributed by atoms with E-state index in [0.29, 0.717) is 0 Å².